The summed E-state index contributed by atoms with van der Waals surface area (Å²) < 4.78 is 5.59. The molecule has 0 atom stereocenters. The van der Waals surface area contributed by atoms with Crippen LogP contribution in [-0.4, -0.2) is 21.8 Å². The Bertz CT molecular complexity index is 875. The summed E-state index contributed by atoms with van der Waals surface area (Å²) in [6.07, 6.45) is 1.52. The molecule has 0 bridgehead atoms. The van der Waals surface area contributed by atoms with Crippen molar-refractivity contribution in [3.8, 4) is 5.75 Å². The lowest BCUT2D eigenvalue weighted by Gasteiger charge is -2.12. The second-order valence-corrected chi connectivity index (χ2v) is 5.73. The molecule has 0 saturated heterocycles. The second kappa shape index (κ2) is 8.00. The van der Waals surface area contributed by atoms with E-state index in [4.69, 9.17) is 27.9 Å². The molecule has 0 saturated carbocycles. The van der Waals surface area contributed by atoms with Gasteiger partial charge in [0.25, 0.3) is 0 Å². The molecule has 0 spiro atoms. The van der Waals surface area contributed by atoms with E-state index in [1.807, 2.05) is 31.2 Å². The van der Waals surface area contributed by atoms with E-state index in [9.17, 15) is 0 Å². The Morgan fingerprint density at radius 1 is 1.00 bits per heavy atom. The standard InChI is InChI=1S/C17H15Cl2N5O/c1-2-25-14-9-4-3-7-12(14)21-15-10-20-24-17(23-15)22-13-8-5-6-11(18)16(13)19/h3-10H,2H2,1H3,(H2,21,22,23,24). The van der Waals surface area contributed by atoms with E-state index < -0.39 is 0 Å². The van der Waals surface area contributed by atoms with Crippen molar-refractivity contribution >= 4 is 46.3 Å². The molecule has 25 heavy (non-hydrogen) atoms. The van der Waals surface area contributed by atoms with Crippen molar-refractivity contribution < 1.29 is 4.74 Å². The van der Waals surface area contributed by atoms with Crippen LogP contribution in [0.25, 0.3) is 0 Å². The number of hydrogen-bond acceptors (Lipinski definition) is 6. The zero-order valence-corrected chi connectivity index (χ0v) is 14.8. The monoisotopic (exact) mass is 375 g/mol. The van der Waals surface area contributed by atoms with Gasteiger partial charge >= 0.3 is 0 Å². The predicted octanol–water partition coefficient (Wildman–Crippen LogP) is 5.06. The molecule has 3 rings (SSSR count). The molecular formula is C17H15Cl2N5O. The minimum atomic E-state index is 0.294. The van der Waals surface area contributed by atoms with Crippen LogP contribution >= 0.6 is 23.2 Å². The Morgan fingerprint density at radius 3 is 2.64 bits per heavy atom. The Morgan fingerprint density at radius 2 is 1.80 bits per heavy atom. The van der Waals surface area contributed by atoms with Gasteiger partial charge in [0.1, 0.15) is 5.75 Å². The van der Waals surface area contributed by atoms with Gasteiger partial charge in [0.05, 0.1) is 34.2 Å². The Kier molecular flexibility index (Phi) is 5.53. The van der Waals surface area contributed by atoms with E-state index >= 15 is 0 Å². The zero-order chi connectivity index (χ0) is 17.6. The Balaban J connectivity index is 1.81. The van der Waals surface area contributed by atoms with Gasteiger partial charge in [0.15, 0.2) is 5.82 Å². The number of para-hydroxylation sites is 2. The minimum absolute atomic E-state index is 0.294. The highest BCUT2D eigenvalue weighted by Crippen LogP contribution is 2.31. The number of ether oxygens (including phenoxy) is 1. The van der Waals surface area contributed by atoms with Crippen LogP contribution in [-0.2, 0) is 0 Å². The smallest absolute Gasteiger partial charge is 0.249 e. The quantitative estimate of drug-likeness (QED) is 0.626. The van der Waals surface area contributed by atoms with Gasteiger partial charge in [-0.1, -0.05) is 41.4 Å². The van der Waals surface area contributed by atoms with Gasteiger partial charge in [0, 0.05) is 0 Å². The molecule has 0 aliphatic rings. The molecular weight excluding hydrogens is 361 g/mol. The molecule has 0 aliphatic carbocycles. The molecule has 8 heteroatoms. The average Bonchev–Trinajstić information content (AvgIpc) is 2.61. The van der Waals surface area contributed by atoms with Gasteiger partial charge in [0.2, 0.25) is 5.95 Å². The molecule has 0 unspecified atom stereocenters. The third kappa shape index (κ3) is 4.29. The van der Waals surface area contributed by atoms with E-state index in [0.717, 1.165) is 11.4 Å². The molecule has 2 N–H and O–H groups in total. The summed E-state index contributed by atoms with van der Waals surface area (Å²) in [5.41, 5.74) is 1.39. The lowest BCUT2D eigenvalue weighted by Crippen LogP contribution is -2.04. The molecule has 0 radical (unpaired) electrons. The molecule has 3 aromatic rings. The van der Waals surface area contributed by atoms with Crippen LogP contribution in [0, 0.1) is 0 Å². The number of benzene rings is 2. The fourth-order valence-corrected chi connectivity index (χ4v) is 2.47. The lowest BCUT2D eigenvalue weighted by molar-refractivity contribution is 0.342. The highest BCUT2D eigenvalue weighted by atomic mass is 35.5. The van der Waals surface area contributed by atoms with Crippen LogP contribution in [0.4, 0.5) is 23.1 Å². The van der Waals surface area contributed by atoms with E-state index in [1.165, 1.54) is 6.20 Å². The van der Waals surface area contributed by atoms with Crippen molar-refractivity contribution in [2.75, 3.05) is 17.2 Å². The number of nitrogens with one attached hydrogen (secondary N) is 2. The maximum absolute atomic E-state index is 6.17. The van der Waals surface area contributed by atoms with Crippen molar-refractivity contribution in [1.29, 1.82) is 0 Å². The fourth-order valence-electron chi connectivity index (χ4n) is 2.13. The summed E-state index contributed by atoms with van der Waals surface area (Å²) >= 11 is 12.2. The first-order chi connectivity index (χ1) is 12.2. The topological polar surface area (TPSA) is 72.0 Å². The zero-order valence-electron chi connectivity index (χ0n) is 13.3. The summed E-state index contributed by atoms with van der Waals surface area (Å²) in [7, 11) is 0. The van der Waals surface area contributed by atoms with Crippen molar-refractivity contribution in [2.24, 2.45) is 0 Å². The average molecular weight is 376 g/mol. The Labute approximate surface area is 155 Å². The second-order valence-electron chi connectivity index (χ2n) is 4.95. The summed E-state index contributed by atoms with van der Waals surface area (Å²) in [5.74, 6) is 1.54. The molecule has 0 amide bonds. The fraction of sp³-hybridized carbons (Fsp3) is 0.118. The van der Waals surface area contributed by atoms with E-state index in [1.54, 1.807) is 18.2 Å². The normalized spacial score (nSPS) is 10.4. The molecule has 2 aromatic carbocycles. The third-order valence-electron chi connectivity index (χ3n) is 3.21. The van der Waals surface area contributed by atoms with Gasteiger partial charge in [-0.2, -0.15) is 10.1 Å². The summed E-state index contributed by atoms with van der Waals surface area (Å²) in [6.45, 7) is 2.50. The summed E-state index contributed by atoms with van der Waals surface area (Å²) in [6, 6.07) is 12.9. The first-order valence-corrected chi connectivity index (χ1v) is 8.32. The van der Waals surface area contributed by atoms with Crippen molar-refractivity contribution in [3.05, 3.63) is 58.7 Å². The highest BCUT2D eigenvalue weighted by Gasteiger charge is 2.08. The first kappa shape index (κ1) is 17.3. The number of nitrogens with zero attached hydrogens (tertiary/aromatic N) is 3. The minimum Gasteiger partial charge on any atom is -0.492 e. The molecule has 1 aromatic heterocycles. The number of rotatable bonds is 6. The molecule has 6 nitrogen and oxygen atoms in total. The van der Waals surface area contributed by atoms with E-state index in [2.05, 4.69) is 25.8 Å². The molecule has 0 aliphatic heterocycles. The SMILES string of the molecule is CCOc1ccccc1Nc1cnnc(Nc2cccc(Cl)c2Cl)n1. The lowest BCUT2D eigenvalue weighted by atomic mass is 10.3. The van der Waals surface area contributed by atoms with Gasteiger partial charge in [-0.25, -0.2) is 0 Å². The van der Waals surface area contributed by atoms with Crippen molar-refractivity contribution in [2.45, 2.75) is 6.92 Å². The molecule has 128 valence electrons. The van der Waals surface area contributed by atoms with E-state index in [-0.39, 0.29) is 0 Å². The van der Waals surface area contributed by atoms with Crippen LogP contribution in [0.15, 0.2) is 48.7 Å². The van der Waals surface area contributed by atoms with Crippen LogP contribution in [0.5, 0.6) is 5.75 Å². The van der Waals surface area contributed by atoms with Gasteiger partial charge in [-0.05, 0) is 31.2 Å². The molecule has 1 heterocycles. The van der Waals surface area contributed by atoms with Gasteiger partial charge in [-0.15, -0.1) is 5.10 Å². The largest absolute Gasteiger partial charge is 0.492 e. The van der Waals surface area contributed by atoms with Crippen LogP contribution in [0.3, 0.4) is 0 Å². The highest BCUT2D eigenvalue weighted by molar-refractivity contribution is 6.43. The number of aromatic nitrogens is 3. The summed E-state index contributed by atoms with van der Waals surface area (Å²) in [5, 5.41) is 14.9. The van der Waals surface area contributed by atoms with Gasteiger partial charge < -0.3 is 15.4 Å². The Hall–Kier alpha value is -2.57. The van der Waals surface area contributed by atoms with Gasteiger partial charge in [-0.3, -0.25) is 0 Å². The predicted molar refractivity (Wildman–Crippen MR) is 100 cm³/mol. The van der Waals surface area contributed by atoms with Crippen LogP contribution in [0.2, 0.25) is 10.0 Å². The number of hydrogen-bond donors (Lipinski definition) is 2. The third-order valence-corrected chi connectivity index (χ3v) is 4.03. The molecule has 0 fully saturated rings. The maximum atomic E-state index is 6.17. The van der Waals surface area contributed by atoms with E-state index in [0.29, 0.717) is 34.1 Å². The summed E-state index contributed by atoms with van der Waals surface area (Å²) in [4.78, 5) is 4.38. The van der Waals surface area contributed by atoms with Crippen LogP contribution in [0.1, 0.15) is 6.92 Å². The van der Waals surface area contributed by atoms with Crippen molar-refractivity contribution in [3.63, 3.8) is 0 Å². The van der Waals surface area contributed by atoms with Crippen molar-refractivity contribution in [1.82, 2.24) is 15.2 Å². The number of anilines is 4. The maximum Gasteiger partial charge on any atom is 0.249 e. The number of halogens is 2. The van der Waals surface area contributed by atoms with Crippen LogP contribution < -0.4 is 15.4 Å². The first-order valence-electron chi connectivity index (χ1n) is 7.57.